The first-order chi connectivity index (χ1) is 9.13. The van der Waals surface area contributed by atoms with Gasteiger partial charge in [0, 0.05) is 38.1 Å². The summed E-state index contributed by atoms with van der Waals surface area (Å²) in [6, 6.07) is 0.809. The zero-order valence-electron chi connectivity index (χ0n) is 12.6. The fourth-order valence-corrected chi connectivity index (χ4v) is 4.69. The van der Waals surface area contributed by atoms with Gasteiger partial charge in [-0.3, -0.25) is 4.90 Å². The Morgan fingerprint density at radius 1 is 1.11 bits per heavy atom. The van der Waals surface area contributed by atoms with Crippen molar-refractivity contribution in [3.63, 3.8) is 0 Å². The van der Waals surface area contributed by atoms with Crippen molar-refractivity contribution in [3.05, 3.63) is 0 Å². The molecule has 3 rings (SSSR count). The molecule has 3 nitrogen and oxygen atoms in total. The topological polar surface area (TPSA) is 26.7 Å². The van der Waals surface area contributed by atoms with E-state index in [9.17, 15) is 5.11 Å². The highest BCUT2D eigenvalue weighted by molar-refractivity contribution is 4.90. The van der Waals surface area contributed by atoms with Gasteiger partial charge in [-0.1, -0.05) is 13.8 Å². The van der Waals surface area contributed by atoms with Gasteiger partial charge in [-0.25, -0.2) is 0 Å². The van der Waals surface area contributed by atoms with Crippen LogP contribution in [-0.4, -0.2) is 59.8 Å². The highest BCUT2D eigenvalue weighted by atomic mass is 16.3. The van der Waals surface area contributed by atoms with Crippen LogP contribution in [0.5, 0.6) is 0 Å². The van der Waals surface area contributed by atoms with Crippen LogP contribution in [0.2, 0.25) is 0 Å². The highest BCUT2D eigenvalue weighted by Crippen LogP contribution is 2.35. The maximum absolute atomic E-state index is 10.4. The van der Waals surface area contributed by atoms with Crippen LogP contribution in [0.3, 0.4) is 0 Å². The van der Waals surface area contributed by atoms with E-state index in [0.717, 1.165) is 19.0 Å². The minimum Gasteiger partial charge on any atom is -0.393 e. The van der Waals surface area contributed by atoms with Crippen LogP contribution < -0.4 is 0 Å². The number of hydrogen-bond donors (Lipinski definition) is 1. The Labute approximate surface area is 118 Å². The SMILES string of the molecule is CC1CC(C)C(CN2CCN3CCCC3C2)C(O)C1. The second-order valence-corrected chi connectivity index (χ2v) is 7.38. The van der Waals surface area contributed by atoms with Crippen LogP contribution in [-0.2, 0) is 0 Å². The number of aliphatic hydroxyl groups is 1. The molecule has 5 atom stereocenters. The first kappa shape index (κ1) is 13.8. The molecule has 0 aromatic rings. The fraction of sp³-hybridized carbons (Fsp3) is 1.00. The summed E-state index contributed by atoms with van der Waals surface area (Å²) in [7, 11) is 0. The van der Waals surface area contributed by atoms with E-state index >= 15 is 0 Å². The average molecular weight is 266 g/mol. The monoisotopic (exact) mass is 266 g/mol. The van der Waals surface area contributed by atoms with Crippen molar-refractivity contribution in [2.45, 2.75) is 51.7 Å². The summed E-state index contributed by atoms with van der Waals surface area (Å²) in [5.74, 6) is 1.89. The maximum atomic E-state index is 10.4. The van der Waals surface area contributed by atoms with Crippen molar-refractivity contribution in [1.82, 2.24) is 9.80 Å². The summed E-state index contributed by atoms with van der Waals surface area (Å²) in [6.07, 6.45) is 5.01. The van der Waals surface area contributed by atoms with Crippen LogP contribution in [0, 0.1) is 17.8 Å². The molecule has 0 spiro atoms. The predicted molar refractivity (Wildman–Crippen MR) is 78.1 cm³/mol. The second-order valence-electron chi connectivity index (χ2n) is 7.38. The van der Waals surface area contributed by atoms with Crippen molar-refractivity contribution in [3.8, 4) is 0 Å². The smallest absolute Gasteiger partial charge is 0.0585 e. The third kappa shape index (κ3) is 2.98. The Morgan fingerprint density at radius 3 is 2.74 bits per heavy atom. The summed E-state index contributed by atoms with van der Waals surface area (Å²) < 4.78 is 0. The van der Waals surface area contributed by atoms with Gasteiger partial charge in [-0.2, -0.15) is 0 Å². The lowest BCUT2D eigenvalue weighted by atomic mass is 9.73. The van der Waals surface area contributed by atoms with Gasteiger partial charge in [0.15, 0.2) is 0 Å². The molecule has 3 aliphatic rings. The Kier molecular flexibility index (Phi) is 4.16. The van der Waals surface area contributed by atoms with Gasteiger partial charge >= 0.3 is 0 Å². The number of rotatable bonds is 2. The molecule has 0 radical (unpaired) electrons. The first-order valence-electron chi connectivity index (χ1n) is 8.28. The number of aliphatic hydroxyl groups excluding tert-OH is 1. The zero-order valence-corrected chi connectivity index (χ0v) is 12.6. The lowest BCUT2D eigenvalue weighted by Crippen LogP contribution is -2.53. The molecular weight excluding hydrogens is 236 g/mol. The van der Waals surface area contributed by atoms with Crippen molar-refractivity contribution in [2.75, 3.05) is 32.7 Å². The van der Waals surface area contributed by atoms with E-state index in [1.807, 2.05) is 0 Å². The molecule has 1 N–H and O–H groups in total. The molecule has 3 heteroatoms. The molecule has 3 fully saturated rings. The average Bonchev–Trinajstić information content (AvgIpc) is 2.81. The molecule has 2 aliphatic heterocycles. The van der Waals surface area contributed by atoms with Crippen LogP contribution in [0.25, 0.3) is 0 Å². The van der Waals surface area contributed by atoms with Crippen molar-refractivity contribution in [1.29, 1.82) is 0 Å². The molecular formula is C16H30N2O. The second kappa shape index (κ2) is 5.71. The van der Waals surface area contributed by atoms with Gasteiger partial charge in [0.25, 0.3) is 0 Å². The van der Waals surface area contributed by atoms with E-state index in [-0.39, 0.29) is 6.10 Å². The van der Waals surface area contributed by atoms with Crippen LogP contribution in [0.4, 0.5) is 0 Å². The molecule has 110 valence electrons. The van der Waals surface area contributed by atoms with E-state index < -0.39 is 0 Å². The summed E-state index contributed by atoms with van der Waals surface area (Å²) in [5.41, 5.74) is 0. The van der Waals surface area contributed by atoms with Gasteiger partial charge in [-0.05, 0) is 44.1 Å². The number of nitrogens with zero attached hydrogens (tertiary/aromatic N) is 2. The van der Waals surface area contributed by atoms with Crippen LogP contribution in [0.1, 0.15) is 39.5 Å². The Bertz CT molecular complexity index is 297. The Morgan fingerprint density at radius 2 is 1.95 bits per heavy atom. The molecule has 1 aliphatic carbocycles. The largest absolute Gasteiger partial charge is 0.393 e. The van der Waals surface area contributed by atoms with Gasteiger partial charge in [-0.15, -0.1) is 0 Å². The molecule has 5 unspecified atom stereocenters. The van der Waals surface area contributed by atoms with Crippen LogP contribution >= 0.6 is 0 Å². The van der Waals surface area contributed by atoms with Gasteiger partial charge < -0.3 is 10.0 Å². The summed E-state index contributed by atoms with van der Waals surface area (Å²) >= 11 is 0. The highest BCUT2D eigenvalue weighted by Gasteiger charge is 2.36. The quantitative estimate of drug-likeness (QED) is 0.826. The molecule has 0 bridgehead atoms. The summed E-state index contributed by atoms with van der Waals surface area (Å²) in [5, 5.41) is 10.4. The molecule has 0 amide bonds. The lowest BCUT2D eigenvalue weighted by molar-refractivity contribution is -0.0136. The van der Waals surface area contributed by atoms with Gasteiger partial charge in [0.1, 0.15) is 0 Å². The molecule has 0 aromatic carbocycles. The third-order valence-electron chi connectivity index (χ3n) is 5.78. The van der Waals surface area contributed by atoms with E-state index in [2.05, 4.69) is 23.6 Å². The lowest BCUT2D eigenvalue weighted by Gasteiger charge is -2.43. The van der Waals surface area contributed by atoms with Crippen molar-refractivity contribution in [2.24, 2.45) is 17.8 Å². The van der Waals surface area contributed by atoms with E-state index in [0.29, 0.717) is 17.8 Å². The Balaban J connectivity index is 1.55. The normalized spacial score (nSPS) is 45.3. The van der Waals surface area contributed by atoms with E-state index in [1.54, 1.807) is 0 Å². The predicted octanol–water partition coefficient (Wildman–Crippen LogP) is 1.81. The molecule has 2 saturated heterocycles. The van der Waals surface area contributed by atoms with Crippen molar-refractivity contribution >= 4 is 0 Å². The number of piperazine rings is 1. The van der Waals surface area contributed by atoms with E-state index in [1.165, 1.54) is 45.4 Å². The summed E-state index contributed by atoms with van der Waals surface area (Å²) in [6.45, 7) is 10.8. The zero-order chi connectivity index (χ0) is 13.4. The first-order valence-corrected chi connectivity index (χ1v) is 8.28. The van der Waals surface area contributed by atoms with Crippen LogP contribution in [0.15, 0.2) is 0 Å². The fourth-order valence-electron chi connectivity index (χ4n) is 4.69. The molecule has 19 heavy (non-hydrogen) atoms. The molecule has 1 saturated carbocycles. The summed E-state index contributed by atoms with van der Waals surface area (Å²) in [4.78, 5) is 5.30. The minimum absolute atomic E-state index is 0.0691. The maximum Gasteiger partial charge on any atom is 0.0585 e. The number of hydrogen-bond acceptors (Lipinski definition) is 3. The van der Waals surface area contributed by atoms with E-state index in [4.69, 9.17) is 0 Å². The number of fused-ring (bicyclic) bond motifs is 1. The van der Waals surface area contributed by atoms with Crippen molar-refractivity contribution < 1.29 is 5.11 Å². The Hall–Kier alpha value is -0.120. The third-order valence-corrected chi connectivity index (χ3v) is 5.78. The van der Waals surface area contributed by atoms with Gasteiger partial charge in [0.05, 0.1) is 6.10 Å². The minimum atomic E-state index is -0.0691. The molecule has 2 heterocycles. The van der Waals surface area contributed by atoms with Gasteiger partial charge in [0.2, 0.25) is 0 Å². The standard InChI is InChI=1S/C16H30N2O/c1-12-8-13(2)15(16(19)9-12)11-17-6-7-18-5-3-4-14(18)10-17/h12-16,19H,3-11H2,1-2H3. The molecule has 0 aromatic heterocycles.